The number of ether oxygens (including phenoxy) is 3. The van der Waals surface area contributed by atoms with Crippen LogP contribution in [0.25, 0.3) is 0 Å². The summed E-state index contributed by atoms with van der Waals surface area (Å²) in [5.74, 6) is 0.963. The topological polar surface area (TPSA) is 60.0 Å². The van der Waals surface area contributed by atoms with Crippen LogP contribution in [-0.4, -0.2) is 31.4 Å². The number of rotatable bonds is 4. The Morgan fingerprint density at radius 1 is 1.17 bits per heavy atom. The van der Waals surface area contributed by atoms with Crippen LogP contribution in [0.4, 0.5) is 5.69 Å². The van der Waals surface area contributed by atoms with Crippen molar-refractivity contribution in [3.05, 3.63) is 64.9 Å². The number of hydrogen-bond donors (Lipinski definition) is 1. The highest BCUT2D eigenvalue weighted by atomic mass is 32.1. The molecule has 0 radical (unpaired) electrons. The number of anilines is 1. The van der Waals surface area contributed by atoms with E-state index in [0.717, 1.165) is 17.7 Å². The number of thiocarbonyl (C=S) groups is 1. The zero-order chi connectivity index (χ0) is 21.3. The van der Waals surface area contributed by atoms with Crippen LogP contribution in [0.3, 0.4) is 0 Å². The van der Waals surface area contributed by atoms with Crippen molar-refractivity contribution in [3.8, 4) is 11.5 Å². The monoisotopic (exact) mass is 424 g/mol. The van der Waals surface area contributed by atoms with E-state index < -0.39 is 5.97 Å². The molecule has 30 heavy (non-hydrogen) atoms. The molecule has 0 unspecified atom stereocenters. The van der Waals surface area contributed by atoms with Gasteiger partial charge in [0.2, 0.25) is 0 Å². The zero-order valence-corrected chi connectivity index (χ0v) is 18.0. The minimum Gasteiger partial charge on any atom is -0.486 e. The largest absolute Gasteiger partial charge is 0.486 e. The maximum absolute atomic E-state index is 12.8. The molecule has 2 heterocycles. The Kier molecular flexibility index (Phi) is 5.63. The van der Waals surface area contributed by atoms with Gasteiger partial charge in [0.15, 0.2) is 16.6 Å². The quantitative estimate of drug-likeness (QED) is 0.590. The first-order valence-electron chi connectivity index (χ1n) is 9.91. The molecule has 2 aliphatic heterocycles. The molecule has 0 aromatic heterocycles. The van der Waals surface area contributed by atoms with Crippen molar-refractivity contribution in [2.24, 2.45) is 0 Å². The molecular formula is C23H24N2O4S. The molecule has 6 nitrogen and oxygen atoms in total. The Hall–Kier alpha value is -3.06. The van der Waals surface area contributed by atoms with Gasteiger partial charge in [0.25, 0.3) is 0 Å². The number of methoxy groups -OCH3 is 1. The summed E-state index contributed by atoms with van der Waals surface area (Å²) in [6.07, 6.45) is 0.952. The third-order valence-corrected chi connectivity index (χ3v) is 5.70. The van der Waals surface area contributed by atoms with Crippen molar-refractivity contribution >= 4 is 29.0 Å². The second-order valence-electron chi connectivity index (χ2n) is 7.13. The van der Waals surface area contributed by atoms with Gasteiger partial charge in [-0.05, 0) is 48.8 Å². The Morgan fingerprint density at radius 3 is 2.53 bits per heavy atom. The second kappa shape index (κ2) is 8.36. The highest BCUT2D eigenvalue weighted by Crippen LogP contribution is 2.38. The molecular weight excluding hydrogens is 400 g/mol. The summed E-state index contributed by atoms with van der Waals surface area (Å²) in [5.41, 5.74) is 4.21. The first kappa shape index (κ1) is 20.2. The van der Waals surface area contributed by atoms with Gasteiger partial charge < -0.3 is 19.5 Å². The van der Waals surface area contributed by atoms with Crippen LogP contribution in [0.5, 0.6) is 11.5 Å². The summed E-state index contributed by atoms with van der Waals surface area (Å²) in [4.78, 5) is 14.6. The van der Waals surface area contributed by atoms with Gasteiger partial charge in [0.1, 0.15) is 13.2 Å². The Labute approximate surface area is 181 Å². The van der Waals surface area contributed by atoms with E-state index in [1.54, 1.807) is 0 Å². The van der Waals surface area contributed by atoms with E-state index in [9.17, 15) is 4.79 Å². The minimum atomic E-state index is -0.394. The van der Waals surface area contributed by atoms with E-state index in [1.807, 2.05) is 42.2 Å². The smallest absolute Gasteiger partial charge is 0.337 e. The molecule has 1 atom stereocenters. The highest BCUT2D eigenvalue weighted by Gasteiger charge is 2.35. The van der Waals surface area contributed by atoms with Crippen LogP contribution in [0.2, 0.25) is 0 Å². The van der Waals surface area contributed by atoms with Gasteiger partial charge in [-0.1, -0.05) is 31.2 Å². The predicted molar refractivity (Wildman–Crippen MR) is 119 cm³/mol. The lowest BCUT2D eigenvalue weighted by Crippen LogP contribution is -2.48. The Bertz CT molecular complexity index is 1020. The van der Waals surface area contributed by atoms with Crippen LogP contribution in [0.1, 0.15) is 31.0 Å². The van der Waals surface area contributed by atoms with E-state index in [-0.39, 0.29) is 6.04 Å². The van der Waals surface area contributed by atoms with Gasteiger partial charge in [-0.25, -0.2) is 4.79 Å². The number of carbonyl (C=O) groups excluding carboxylic acids is 1. The van der Waals surface area contributed by atoms with Gasteiger partial charge in [-0.2, -0.15) is 0 Å². The van der Waals surface area contributed by atoms with E-state index in [0.29, 0.717) is 41.1 Å². The number of benzene rings is 2. The first-order chi connectivity index (χ1) is 14.5. The van der Waals surface area contributed by atoms with Crippen molar-refractivity contribution in [1.82, 2.24) is 5.32 Å². The van der Waals surface area contributed by atoms with Crippen molar-refractivity contribution < 1.29 is 19.0 Å². The number of aryl methyl sites for hydroxylation is 1. The minimum absolute atomic E-state index is 0.385. The highest BCUT2D eigenvalue weighted by molar-refractivity contribution is 7.80. The fourth-order valence-corrected chi connectivity index (χ4v) is 4.16. The molecule has 0 aliphatic carbocycles. The molecule has 1 N–H and O–H groups in total. The average molecular weight is 425 g/mol. The van der Waals surface area contributed by atoms with Gasteiger partial charge in [0, 0.05) is 11.8 Å². The summed E-state index contributed by atoms with van der Waals surface area (Å²) < 4.78 is 16.4. The number of hydrogen-bond acceptors (Lipinski definition) is 5. The maximum atomic E-state index is 12.8. The van der Waals surface area contributed by atoms with Crippen LogP contribution in [-0.2, 0) is 16.0 Å². The van der Waals surface area contributed by atoms with Crippen molar-refractivity contribution in [2.45, 2.75) is 26.3 Å². The first-order valence-corrected chi connectivity index (χ1v) is 10.3. The number of esters is 1. The Balaban J connectivity index is 1.78. The summed E-state index contributed by atoms with van der Waals surface area (Å²) in [5, 5.41) is 3.82. The number of allylic oxidation sites excluding steroid dienone is 1. The number of nitrogens with one attached hydrogen (secondary N) is 1. The predicted octanol–water partition coefficient (Wildman–Crippen LogP) is 3.90. The number of carbonyl (C=O) groups is 1. The molecule has 0 amide bonds. The normalized spacial score (nSPS) is 18.2. The lowest BCUT2D eigenvalue weighted by molar-refractivity contribution is -0.136. The average Bonchev–Trinajstić information content (AvgIpc) is 2.78. The van der Waals surface area contributed by atoms with Crippen LogP contribution in [0.15, 0.2) is 53.7 Å². The summed E-state index contributed by atoms with van der Waals surface area (Å²) in [7, 11) is 1.39. The fourth-order valence-electron chi connectivity index (χ4n) is 3.80. The standard InChI is InChI=1S/C23H24N2O4S/c1-4-15-5-7-16(8-6-15)21-20(22(26)27-3)14(2)25(23(30)24-21)17-9-10-18-19(13-17)29-12-11-28-18/h5-10,13,21H,4,11-12H2,1-3H3,(H,24,30)/t21-/m0/s1. The van der Waals surface area contributed by atoms with Gasteiger partial charge >= 0.3 is 5.97 Å². The van der Waals surface area contributed by atoms with Crippen molar-refractivity contribution in [2.75, 3.05) is 25.2 Å². The van der Waals surface area contributed by atoms with Crippen molar-refractivity contribution in [3.63, 3.8) is 0 Å². The maximum Gasteiger partial charge on any atom is 0.337 e. The molecule has 0 fully saturated rings. The van der Waals surface area contributed by atoms with E-state index in [1.165, 1.54) is 12.7 Å². The lowest BCUT2D eigenvalue weighted by atomic mass is 9.94. The van der Waals surface area contributed by atoms with E-state index in [4.69, 9.17) is 26.4 Å². The molecule has 2 aromatic rings. The van der Waals surface area contributed by atoms with Crippen molar-refractivity contribution in [1.29, 1.82) is 0 Å². The molecule has 0 bridgehead atoms. The summed E-state index contributed by atoms with van der Waals surface area (Å²) >= 11 is 5.70. The third-order valence-electron chi connectivity index (χ3n) is 5.40. The molecule has 156 valence electrons. The van der Waals surface area contributed by atoms with Gasteiger partial charge in [0.05, 0.1) is 24.4 Å². The Morgan fingerprint density at radius 2 is 1.87 bits per heavy atom. The summed E-state index contributed by atoms with van der Waals surface area (Å²) in [6.45, 7) is 5.01. The van der Waals surface area contributed by atoms with E-state index >= 15 is 0 Å². The van der Waals surface area contributed by atoms with E-state index in [2.05, 4.69) is 24.4 Å². The van der Waals surface area contributed by atoms with Gasteiger partial charge in [-0.3, -0.25) is 4.90 Å². The molecule has 0 spiro atoms. The molecule has 7 heteroatoms. The molecule has 0 saturated heterocycles. The van der Waals surface area contributed by atoms with Gasteiger partial charge in [-0.15, -0.1) is 0 Å². The fraction of sp³-hybridized carbons (Fsp3) is 0.304. The molecule has 4 rings (SSSR count). The number of fused-ring (bicyclic) bond motifs is 1. The second-order valence-corrected chi connectivity index (χ2v) is 7.52. The molecule has 2 aromatic carbocycles. The van der Waals surface area contributed by atoms with Crippen LogP contribution in [0, 0.1) is 0 Å². The summed E-state index contributed by atoms with van der Waals surface area (Å²) in [6, 6.07) is 13.4. The SMILES string of the molecule is CCc1ccc([C@@H]2NC(=S)N(c3ccc4c(c3)OCCO4)C(C)=C2C(=O)OC)cc1. The number of nitrogens with zero attached hydrogens (tertiary/aromatic N) is 1. The zero-order valence-electron chi connectivity index (χ0n) is 17.2. The van der Waals surface area contributed by atoms with Crippen LogP contribution >= 0.6 is 12.2 Å². The lowest BCUT2D eigenvalue weighted by Gasteiger charge is -2.37. The van der Waals surface area contributed by atoms with Crippen LogP contribution < -0.4 is 19.7 Å². The molecule has 0 saturated carbocycles. The third kappa shape index (κ3) is 3.61. The molecule has 2 aliphatic rings.